The number of nitrogens with two attached hydrogens (primary N) is 3. The number of amides is 1. The molecule has 6 rings (SSSR count). The molecule has 0 saturated heterocycles. The normalized spacial score (nSPS) is 16.3. The molecule has 0 spiro atoms. The van der Waals surface area contributed by atoms with Crippen LogP contribution in [0.4, 0.5) is 11.4 Å². The van der Waals surface area contributed by atoms with Crippen molar-refractivity contribution in [1.82, 2.24) is 0 Å². The number of primary amides is 1. The second-order valence-electron chi connectivity index (χ2n) is 11.4. The van der Waals surface area contributed by atoms with Gasteiger partial charge in [-0.2, -0.15) is 0 Å². The van der Waals surface area contributed by atoms with Crippen molar-refractivity contribution in [3.8, 4) is 22.3 Å². The lowest BCUT2D eigenvalue weighted by Gasteiger charge is -2.29. The van der Waals surface area contributed by atoms with E-state index in [0.717, 1.165) is 76.6 Å². The van der Waals surface area contributed by atoms with E-state index in [1.54, 1.807) is 0 Å². The molecular weight excluding hydrogens is 506 g/mol. The summed E-state index contributed by atoms with van der Waals surface area (Å²) < 4.78 is 0. The Labute approximate surface area is 241 Å². The van der Waals surface area contributed by atoms with Gasteiger partial charge in [0.25, 0.3) is 0 Å². The monoisotopic (exact) mass is 543 g/mol. The molecule has 0 aliphatic heterocycles. The van der Waals surface area contributed by atoms with Crippen molar-refractivity contribution < 1.29 is 9.59 Å². The highest BCUT2D eigenvalue weighted by atomic mass is 16.1. The Hall–Kier alpha value is -4.38. The van der Waals surface area contributed by atoms with Crippen LogP contribution in [0.5, 0.6) is 0 Å². The van der Waals surface area contributed by atoms with E-state index in [2.05, 4.69) is 6.92 Å². The molecule has 1 fully saturated rings. The molecule has 208 valence electrons. The van der Waals surface area contributed by atoms with Crippen molar-refractivity contribution in [2.45, 2.75) is 63.7 Å². The molecule has 1 amide bonds. The maximum atomic E-state index is 14.5. The van der Waals surface area contributed by atoms with Crippen molar-refractivity contribution >= 4 is 23.1 Å². The lowest BCUT2D eigenvalue weighted by atomic mass is 9.78. The number of rotatable bonds is 7. The number of hydrogen-bond acceptors (Lipinski definition) is 4. The summed E-state index contributed by atoms with van der Waals surface area (Å²) in [6.07, 6.45) is 7.16. The summed E-state index contributed by atoms with van der Waals surface area (Å²) >= 11 is 0. The maximum absolute atomic E-state index is 14.5. The molecule has 1 atom stereocenters. The van der Waals surface area contributed by atoms with Gasteiger partial charge in [0.2, 0.25) is 5.91 Å². The molecule has 1 saturated carbocycles. The minimum atomic E-state index is -0.705. The molecule has 0 heterocycles. The fourth-order valence-corrected chi connectivity index (χ4v) is 7.25. The number of anilines is 2. The Bertz CT molecular complexity index is 1650. The van der Waals surface area contributed by atoms with Crippen LogP contribution in [-0.2, 0) is 11.2 Å². The number of fused-ring (bicyclic) bond motifs is 3. The van der Waals surface area contributed by atoms with Gasteiger partial charge in [-0.3, -0.25) is 9.59 Å². The van der Waals surface area contributed by atoms with E-state index in [9.17, 15) is 9.59 Å². The van der Waals surface area contributed by atoms with Gasteiger partial charge in [-0.1, -0.05) is 105 Å². The maximum Gasteiger partial charge on any atom is 0.229 e. The summed E-state index contributed by atoms with van der Waals surface area (Å²) in [6.45, 7) is 2.11. The van der Waals surface area contributed by atoms with Gasteiger partial charge in [-0.15, -0.1) is 0 Å². The molecule has 4 aromatic carbocycles. The fraction of sp³-hybridized carbons (Fsp3) is 0.278. The first-order chi connectivity index (χ1) is 19.9. The number of ketones is 1. The highest BCUT2D eigenvalue weighted by molar-refractivity contribution is 6.19. The van der Waals surface area contributed by atoms with Gasteiger partial charge >= 0.3 is 0 Å². The molecule has 2 aliphatic carbocycles. The fourth-order valence-electron chi connectivity index (χ4n) is 7.25. The molecule has 41 heavy (non-hydrogen) atoms. The summed E-state index contributed by atoms with van der Waals surface area (Å²) in [5.41, 5.74) is 29.4. The topological polar surface area (TPSA) is 112 Å². The highest BCUT2D eigenvalue weighted by Crippen LogP contribution is 2.56. The largest absolute Gasteiger partial charge is 0.398 e. The van der Waals surface area contributed by atoms with Crippen LogP contribution in [0, 0.1) is 0 Å². The van der Waals surface area contributed by atoms with Crippen LogP contribution in [0.25, 0.3) is 22.3 Å². The van der Waals surface area contributed by atoms with Gasteiger partial charge in [-0.05, 0) is 58.6 Å². The minimum absolute atomic E-state index is 0.107. The van der Waals surface area contributed by atoms with E-state index >= 15 is 0 Å². The quantitative estimate of drug-likeness (QED) is 0.167. The van der Waals surface area contributed by atoms with E-state index in [0.29, 0.717) is 28.9 Å². The molecule has 5 nitrogen and oxygen atoms in total. The molecular formula is C36H37N3O2. The lowest BCUT2D eigenvalue weighted by Crippen LogP contribution is -2.23. The van der Waals surface area contributed by atoms with E-state index in [1.807, 2.05) is 72.8 Å². The second-order valence-corrected chi connectivity index (χ2v) is 11.4. The van der Waals surface area contributed by atoms with Crippen molar-refractivity contribution in [3.63, 3.8) is 0 Å². The average Bonchev–Trinajstić information content (AvgIpc) is 3.36. The molecule has 0 aromatic heterocycles. The van der Waals surface area contributed by atoms with Gasteiger partial charge in [0.15, 0.2) is 5.78 Å². The molecule has 5 heteroatoms. The SMILES string of the molecule is CCCc1c(N)c(C2CCCCC2)c(N)c2c1C(C(N)=O)c1cccc(C(=O)c3ccccc3-c3ccccc3)c1-2. The van der Waals surface area contributed by atoms with Gasteiger partial charge in [0.05, 0.1) is 5.92 Å². The van der Waals surface area contributed by atoms with Crippen molar-refractivity contribution in [3.05, 3.63) is 106 Å². The first kappa shape index (κ1) is 26.8. The third-order valence-corrected chi connectivity index (χ3v) is 9.01. The summed E-state index contributed by atoms with van der Waals surface area (Å²) in [7, 11) is 0. The third kappa shape index (κ3) is 4.40. The van der Waals surface area contributed by atoms with E-state index in [-0.39, 0.29) is 11.7 Å². The van der Waals surface area contributed by atoms with Crippen LogP contribution in [0.3, 0.4) is 0 Å². The van der Waals surface area contributed by atoms with Crippen LogP contribution < -0.4 is 17.2 Å². The number of nitrogen functional groups attached to an aromatic ring is 2. The molecule has 4 aromatic rings. The zero-order valence-corrected chi connectivity index (χ0v) is 23.6. The van der Waals surface area contributed by atoms with Crippen molar-refractivity contribution in [2.75, 3.05) is 11.5 Å². The first-order valence-corrected chi connectivity index (χ1v) is 14.8. The number of carbonyl (C=O) groups excluding carboxylic acids is 2. The molecule has 0 radical (unpaired) electrons. The summed E-state index contributed by atoms with van der Waals surface area (Å²) in [4.78, 5) is 27.6. The number of benzene rings is 4. The number of hydrogen-bond donors (Lipinski definition) is 3. The second kappa shape index (κ2) is 10.9. The summed E-state index contributed by atoms with van der Waals surface area (Å²) in [5.74, 6) is -1.00. The van der Waals surface area contributed by atoms with Crippen LogP contribution in [0.2, 0.25) is 0 Å². The number of carbonyl (C=O) groups is 2. The van der Waals surface area contributed by atoms with E-state index in [1.165, 1.54) is 6.42 Å². The summed E-state index contributed by atoms with van der Waals surface area (Å²) in [6, 6.07) is 23.2. The Kier molecular flexibility index (Phi) is 7.12. The zero-order valence-electron chi connectivity index (χ0n) is 23.6. The van der Waals surface area contributed by atoms with E-state index in [4.69, 9.17) is 17.2 Å². The molecule has 6 N–H and O–H groups in total. The third-order valence-electron chi connectivity index (χ3n) is 9.01. The predicted molar refractivity (Wildman–Crippen MR) is 167 cm³/mol. The molecule has 1 unspecified atom stereocenters. The average molecular weight is 544 g/mol. The summed E-state index contributed by atoms with van der Waals surface area (Å²) in [5, 5.41) is 0. The Balaban J connectivity index is 1.62. The standard InChI is InChI=1S/C36H37N3O2/c1-2-12-26-30-31(36(39)41)25-19-11-20-27(35(40)24-18-10-9-17-23(24)21-13-5-3-6-14-21)29(25)32(30)34(38)28(33(26)37)22-15-7-4-8-16-22/h3,5-6,9-11,13-14,17-20,22,31H,2,4,7-8,12,15-16,37-38H2,1H3,(H2,39,41). The van der Waals surface area contributed by atoms with Gasteiger partial charge < -0.3 is 17.2 Å². The Morgan fingerprint density at radius 2 is 1.44 bits per heavy atom. The Morgan fingerprint density at radius 3 is 2.15 bits per heavy atom. The smallest absolute Gasteiger partial charge is 0.229 e. The van der Waals surface area contributed by atoms with Gasteiger partial charge in [0, 0.05) is 33.6 Å². The molecule has 0 bridgehead atoms. The zero-order chi connectivity index (χ0) is 28.7. The van der Waals surface area contributed by atoms with E-state index < -0.39 is 11.8 Å². The van der Waals surface area contributed by atoms with Gasteiger partial charge in [0.1, 0.15) is 0 Å². The Morgan fingerprint density at radius 1 is 0.756 bits per heavy atom. The van der Waals surface area contributed by atoms with Crippen LogP contribution in [-0.4, -0.2) is 11.7 Å². The lowest BCUT2D eigenvalue weighted by molar-refractivity contribution is -0.118. The van der Waals surface area contributed by atoms with Crippen molar-refractivity contribution in [2.24, 2.45) is 5.73 Å². The van der Waals surface area contributed by atoms with Crippen LogP contribution >= 0.6 is 0 Å². The van der Waals surface area contributed by atoms with Crippen molar-refractivity contribution in [1.29, 1.82) is 0 Å². The van der Waals surface area contributed by atoms with Crippen LogP contribution in [0.15, 0.2) is 72.8 Å². The minimum Gasteiger partial charge on any atom is -0.398 e. The highest BCUT2D eigenvalue weighted by Gasteiger charge is 2.41. The predicted octanol–water partition coefficient (Wildman–Crippen LogP) is 7.35. The van der Waals surface area contributed by atoms with Gasteiger partial charge in [-0.25, -0.2) is 0 Å². The molecule has 2 aliphatic rings. The first-order valence-electron chi connectivity index (χ1n) is 14.8. The van der Waals surface area contributed by atoms with Crippen LogP contribution in [0.1, 0.15) is 95.5 Å².